The maximum absolute atomic E-state index is 12.3. The molecule has 0 atom stereocenters. The average Bonchev–Trinajstić information content (AvgIpc) is 2.65. The zero-order chi connectivity index (χ0) is 14.0. The number of aromatic nitrogens is 2. The van der Waals surface area contributed by atoms with E-state index in [1.807, 2.05) is 13.2 Å². The molecule has 3 N–H and O–H groups in total. The fourth-order valence-corrected chi connectivity index (χ4v) is 2.79. The first-order valence-electron chi connectivity index (χ1n) is 6.59. The number of nitrogens with two attached hydrogens (primary N) is 1. The van der Waals surface area contributed by atoms with Gasteiger partial charge in [0.15, 0.2) is 0 Å². The van der Waals surface area contributed by atoms with Crippen LogP contribution < -0.4 is 11.1 Å². The standard InChI is InChI=1S/C13H20N4OS/c1-3-10-9(8-17(2)16-10)7-15-12(18)13(11(14)19)5-4-6-13/h8H,3-7H2,1-2H3,(H2,14,19)(H,15,18). The van der Waals surface area contributed by atoms with Crippen LogP contribution in [0.25, 0.3) is 0 Å². The van der Waals surface area contributed by atoms with Gasteiger partial charge < -0.3 is 11.1 Å². The number of thiocarbonyl (C=S) groups is 1. The van der Waals surface area contributed by atoms with E-state index in [1.54, 1.807) is 4.68 Å². The summed E-state index contributed by atoms with van der Waals surface area (Å²) in [5.41, 5.74) is 7.18. The van der Waals surface area contributed by atoms with Gasteiger partial charge >= 0.3 is 0 Å². The van der Waals surface area contributed by atoms with E-state index in [0.29, 0.717) is 11.5 Å². The number of hydrogen-bond acceptors (Lipinski definition) is 3. The zero-order valence-electron chi connectivity index (χ0n) is 11.4. The van der Waals surface area contributed by atoms with Gasteiger partial charge in [0.05, 0.1) is 16.1 Å². The number of carbonyl (C=O) groups excluding carboxylic acids is 1. The van der Waals surface area contributed by atoms with Crippen LogP contribution in [0.1, 0.15) is 37.4 Å². The summed E-state index contributed by atoms with van der Waals surface area (Å²) in [6, 6.07) is 0. The highest BCUT2D eigenvalue weighted by atomic mass is 32.1. The molecule has 0 saturated heterocycles. The van der Waals surface area contributed by atoms with Crippen LogP contribution in [0.5, 0.6) is 0 Å². The molecule has 1 aliphatic carbocycles. The van der Waals surface area contributed by atoms with Gasteiger partial charge in [-0.25, -0.2) is 0 Å². The lowest BCUT2D eigenvalue weighted by atomic mass is 9.68. The van der Waals surface area contributed by atoms with E-state index in [0.717, 1.165) is 36.9 Å². The van der Waals surface area contributed by atoms with Gasteiger partial charge in [-0.2, -0.15) is 5.10 Å². The quantitative estimate of drug-likeness (QED) is 0.791. The predicted octanol–water partition coefficient (Wildman–Crippen LogP) is 1.06. The number of nitrogens with zero attached hydrogens (tertiary/aromatic N) is 2. The third kappa shape index (κ3) is 2.49. The molecule has 0 aromatic carbocycles. The van der Waals surface area contributed by atoms with E-state index in [1.165, 1.54) is 0 Å². The van der Waals surface area contributed by atoms with E-state index in [9.17, 15) is 4.79 Å². The van der Waals surface area contributed by atoms with E-state index < -0.39 is 5.41 Å². The third-order valence-corrected chi connectivity index (χ3v) is 4.27. The van der Waals surface area contributed by atoms with Crippen molar-refractivity contribution in [3.05, 3.63) is 17.5 Å². The lowest BCUT2D eigenvalue weighted by molar-refractivity contribution is -0.131. The summed E-state index contributed by atoms with van der Waals surface area (Å²) in [4.78, 5) is 12.6. The maximum atomic E-state index is 12.3. The Morgan fingerprint density at radius 3 is 2.79 bits per heavy atom. The maximum Gasteiger partial charge on any atom is 0.233 e. The number of hydrogen-bond donors (Lipinski definition) is 2. The Morgan fingerprint density at radius 2 is 2.32 bits per heavy atom. The van der Waals surface area contributed by atoms with E-state index in [-0.39, 0.29) is 5.91 Å². The molecule has 1 aliphatic rings. The summed E-state index contributed by atoms with van der Waals surface area (Å²) < 4.78 is 1.77. The summed E-state index contributed by atoms with van der Waals surface area (Å²) in [6.07, 6.45) is 5.33. The number of carbonyl (C=O) groups is 1. The second-order valence-electron chi connectivity index (χ2n) is 5.11. The van der Waals surface area contributed by atoms with Gasteiger partial charge in [0.2, 0.25) is 5.91 Å². The van der Waals surface area contributed by atoms with Crippen molar-refractivity contribution in [1.82, 2.24) is 15.1 Å². The summed E-state index contributed by atoms with van der Waals surface area (Å²) in [5, 5.41) is 7.30. The summed E-state index contributed by atoms with van der Waals surface area (Å²) in [6.45, 7) is 2.54. The highest BCUT2D eigenvalue weighted by Crippen LogP contribution is 2.41. The highest BCUT2D eigenvalue weighted by Gasteiger charge is 2.46. The van der Waals surface area contributed by atoms with Crippen LogP contribution in [0.3, 0.4) is 0 Å². The van der Waals surface area contributed by atoms with Crippen molar-refractivity contribution >= 4 is 23.1 Å². The molecule has 0 aliphatic heterocycles. The van der Waals surface area contributed by atoms with Gasteiger partial charge in [0.1, 0.15) is 0 Å². The molecule has 1 heterocycles. The van der Waals surface area contributed by atoms with Crippen LogP contribution in [-0.4, -0.2) is 20.7 Å². The Labute approximate surface area is 118 Å². The number of nitrogens with one attached hydrogen (secondary N) is 1. The summed E-state index contributed by atoms with van der Waals surface area (Å²) in [5.74, 6) is -0.0443. The largest absolute Gasteiger partial charge is 0.392 e. The van der Waals surface area contributed by atoms with Crippen LogP contribution in [0.4, 0.5) is 0 Å². The third-order valence-electron chi connectivity index (χ3n) is 3.88. The van der Waals surface area contributed by atoms with E-state index in [2.05, 4.69) is 17.3 Å². The molecule has 0 unspecified atom stereocenters. The Balaban J connectivity index is 2.02. The molecule has 19 heavy (non-hydrogen) atoms. The molecule has 6 heteroatoms. The minimum absolute atomic E-state index is 0.0443. The van der Waals surface area contributed by atoms with Crippen molar-refractivity contribution in [1.29, 1.82) is 0 Å². The van der Waals surface area contributed by atoms with Crippen molar-refractivity contribution in [3.8, 4) is 0 Å². The molecule has 0 spiro atoms. The molecule has 1 amide bonds. The lowest BCUT2D eigenvalue weighted by Crippen LogP contribution is -2.52. The van der Waals surface area contributed by atoms with Crippen molar-refractivity contribution in [3.63, 3.8) is 0 Å². The first-order valence-corrected chi connectivity index (χ1v) is 7.00. The second-order valence-corrected chi connectivity index (χ2v) is 5.55. The Hall–Kier alpha value is -1.43. The van der Waals surface area contributed by atoms with Crippen molar-refractivity contribution in [2.75, 3.05) is 0 Å². The molecule has 1 fully saturated rings. The van der Waals surface area contributed by atoms with E-state index in [4.69, 9.17) is 18.0 Å². The van der Waals surface area contributed by atoms with Crippen molar-refractivity contribution in [2.45, 2.75) is 39.2 Å². The molecule has 5 nitrogen and oxygen atoms in total. The van der Waals surface area contributed by atoms with Gasteiger partial charge in [0.25, 0.3) is 0 Å². The van der Waals surface area contributed by atoms with Crippen LogP contribution in [-0.2, 0) is 24.8 Å². The smallest absolute Gasteiger partial charge is 0.233 e. The second kappa shape index (κ2) is 5.28. The number of aryl methyl sites for hydroxylation is 2. The van der Waals surface area contributed by atoms with Gasteiger partial charge in [-0.15, -0.1) is 0 Å². The highest BCUT2D eigenvalue weighted by molar-refractivity contribution is 7.80. The topological polar surface area (TPSA) is 72.9 Å². The number of amides is 1. The first kappa shape index (κ1) is 14.0. The predicted molar refractivity (Wildman–Crippen MR) is 77.5 cm³/mol. The minimum Gasteiger partial charge on any atom is -0.392 e. The van der Waals surface area contributed by atoms with Gasteiger partial charge in [-0.05, 0) is 19.3 Å². The molecule has 0 bridgehead atoms. The van der Waals surface area contributed by atoms with Gasteiger partial charge in [-0.3, -0.25) is 9.48 Å². The molecule has 0 radical (unpaired) electrons. The molecule has 1 aromatic heterocycles. The molecular formula is C13H20N4OS. The SMILES string of the molecule is CCc1nn(C)cc1CNC(=O)C1(C(N)=S)CCC1. The number of rotatable bonds is 5. The van der Waals surface area contributed by atoms with Crippen LogP contribution >= 0.6 is 12.2 Å². The minimum atomic E-state index is -0.607. The van der Waals surface area contributed by atoms with Crippen LogP contribution in [0.2, 0.25) is 0 Å². The Kier molecular flexibility index (Phi) is 3.89. The van der Waals surface area contributed by atoms with Crippen molar-refractivity contribution in [2.24, 2.45) is 18.2 Å². The monoisotopic (exact) mass is 280 g/mol. The molecular weight excluding hydrogens is 260 g/mol. The fourth-order valence-electron chi connectivity index (χ4n) is 2.49. The lowest BCUT2D eigenvalue weighted by Gasteiger charge is -2.39. The normalized spacial score (nSPS) is 16.7. The average molecular weight is 280 g/mol. The van der Waals surface area contributed by atoms with Crippen LogP contribution in [0, 0.1) is 5.41 Å². The van der Waals surface area contributed by atoms with E-state index >= 15 is 0 Å². The molecule has 1 saturated carbocycles. The molecule has 1 aromatic rings. The summed E-state index contributed by atoms with van der Waals surface area (Å²) >= 11 is 5.04. The Morgan fingerprint density at radius 1 is 1.63 bits per heavy atom. The summed E-state index contributed by atoms with van der Waals surface area (Å²) in [7, 11) is 1.88. The molecule has 104 valence electrons. The fraction of sp³-hybridized carbons (Fsp3) is 0.615. The van der Waals surface area contributed by atoms with Crippen molar-refractivity contribution < 1.29 is 4.79 Å². The molecule has 2 rings (SSSR count). The van der Waals surface area contributed by atoms with Gasteiger partial charge in [-0.1, -0.05) is 25.6 Å². The van der Waals surface area contributed by atoms with Crippen LogP contribution in [0.15, 0.2) is 6.20 Å². The zero-order valence-corrected chi connectivity index (χ0v) is 12.2. The first-order chi connectivity index (χ1) is 8.99. The van der Waals surface area contributed by atoms with Gasteiger partial charge in [0, 0.05) is 25.4 Å². The Bertz CT molecular complexity index is 505.